The molecule has 1 fully saturated rings. The summed E-state index contributed by atoms with van der Waals surface area (Å²) in [4.78, 5) is 0.129. The predicted molar refractivity (Wildman–Crippen MR) is 77.7 cm³/mol. The first-order valence-corrected chi connectivity index (χ1v) is 8.81. The first-order chi connectivity index (χ1) is 9.48. The zero-order valence-corrected chi connectivity index (χ0v) is 13.1. The fourth-order valence-corrected chi connectivity index (χ4v) is 4.25. The molecular weight excluding hydrogens is 301 g/mol. The molecule has 3 nitrogen and oxygen atoms in total. The summed E-state index contributed by atoms with van der Waals surface area (Å²) in [5.74, 6) is 0.101. The van der Waals surface area contributed by atoms with Gasteiger partial charge in [0.25, 0.3) is 0 Å². The van der Waals surface area contributed by atoms with Crippen LogP contribution in [-0.4, -0.2) is 25.8 Å². The van der Waals surface area contributed by atoms with E-state index >= 15 is 0 Å². The summed E-state index contributed by atoms with van der Waals surface area (Å²) in [6.45, 7) is 3.20. The van der Waals surface area contributed by atoms with E-state index in [0.29, 0.717) is 19.0 Å². The van der Waals surface area contributed by atoms with Crippen LogP contribution in [0.3, 0.4) is 0 Å². The molecule has 1 aliphatic heterocycles. The Morgan fingerprint density at radius 3 is 2.55 bits per heavy atom. The second-order valence-electron chi connectivity index (χ2n) is 5.14. The quantitative estimate of drug-likeness (QED) is 0.798. The smallest absolute Gasteiger partial charge is 0.207 e. The van der Waals surface area contributed by atoms with E-state index in [0.717, 1.165) is 19.3 Å². The Kier molecular flexibility index (Phi) is 5.04. The van der Waals surface area contributed by atoms with Gasteiger partial charge in [-0.15, -0.1) is 11.6 Å². The summed E-state index contributed by atoms with van der Waals surface area (Å²) < 4.78 is 39.9. The lowest BCUT2D eigenvalue weighted by Gasteiger charge is -2.30. The molecule has 1 saturated heterocycles. The third-order valence-corrected chi connectivity index (χ3v) is 6.13. The van der Waals surface area contributed by atoms with Gasteiger partial charge in [0.05, 0.1) is 10.8 Å². The molecule has 0 atom stereocenters. The normalized spacial score (nSPS) is 18.4. The minimum atomic E-state index is -3.54. The van der Waals surface area contributed by atoms with Crippen LogP contribution in [0, 0.1) is 11.7 Å². The maximum Gasteiger partial charge on any atom is 0.243 e. The molecule has 0 amide bonds. The molecule has 0 unspecified atom stereocenters. The second kappa shape index (κ2) is 6.41. The number of benzene rings is 1. The van der Waals surface area contributed by atoms with Gasteiger partial charge in [0.15, 0.2) is 0 Å². The van der Waals surface area contributed by atoms with Crippen LogP contribution in [0.25, 0.3) is 0 Å². The molecule has 6 heteroatoms. The third kappa shape index (κ3) is 3.15. The summed E-state index contributed by atoms with van der Waals surface area (Å²) in [5, 5.41) is 0. The molecule has 1 aliphatic rings. The van der Waals surface area contributed by atoms with E-state index < -0.39 is 15.8 Å². The zero-order valence-electron chi connectivity index (χ0n) is 11.5. The van der Waals surface area contributed by atoms with Gasteiger partial charge in [0.1, 0.15) is 5.82 Å². The number of hydrogen-bond acceptors (Lipinski definition) is 2. The van der Waals surface area contributed by atoms with Crippen molar-refractivity contribution in [1.29, 1.82) is 0 Å². The summed E-state index contributed by atoms with van der Waals surface area (Å²) in [5.41, 5.74) is 0.219. The van der Waals surface area contributed by atoms with E-state index in [1.165, 1.54) is 22.5 Å². The van der Waals surface area contributed by atoms with Crippen LogP contribution in [0.15, 0.2) is 23.1 Å². The van der Waals surface area contributed by atoms with Gasteiger partial charge in [-0.2, -0.15) is 4.31 Å². The number of alkyl halides is 1. The Balaban J connectivity index is 2.22. The number of halogens is 2. The van der Waals surface area contributed by atoms with E-state index in [1.807, 2.05) is 0 Å². The SMILES string of the molecule is CCC1CCN(S(=O)(=O)c2ccc(F)c(CCl)c2)CC1. The lowest BCUT2D eigenvalue weighted by molar-refractivity contribution is 0.269. The minimum Gasteiger partial charge on any atom is -0.207 e. The minimum absolute atomic E-state index is 0.0346. The topological polar surface area (TPSA) is 37.4 Å². The van der Waals surface area contributed by atoms with Crippen molar-refractivity contribution in [3.63, 3.8) is 0 Å². The maximum atomic E-state index is 13.4. The van der Waals surface area contributed by atoms with Crippen molar-refractivity contribution in [2.75, 3.05) is 13.1 Å². The number of piperidine rings is 1. The van der Waals surface area contributed by atoms with Crippen molar-refractivity contribution in [2.45, 2.75) is 37.0 Å². The van der Waals surface area contributed by atoms with Crippen LogP contribution in [0.1, 0.15) is 31.7 Å². The third-order valence-electron chi connectivity index (χ3n) is 3.95. The van der Waals surface area contributed by atoms with E-state index in [-0.39, 0.29) is 16.3 Å². The molecule has 2 rings (SSSR count). The van der Waals surface area contributed by atoms with Crippen LogP contribution in [-0.2, 0) is 15.9 Å². The summed E-state index contributed by atoms with van der Waals surface area (Å²) in [6.07, 6.45) is 2.86. The zero-order chi connectivity index (χ0) is 14.8. The van der Waals surface area contributed by atoms with E-state index in [4.69, 9.17) is 11.6 Å². The predicted octanol–water partition coefficient (Wildman–Crippen LogP) is 3.38. The largest absolute Gasteiger partial charge is 0.243 e. The molecule has 0 saturated carbocycles. The van der Waals surface area contributed by atoms with Gasteiger partial charge >= 0.3 is 0 Å². The van der Waals surface area contributed by atoms with Crippen molar-refractivity contribution in [2.24, 2.45) is 5.92 Å². The highest BCUT2D eigenvalue weighted by Gasteiger charge is 2.29. The highest BCUT2D eigenvalue weighted by atomic mass is 35.5. The first-order valence-electron chi connectivity index (χ1n) is 6.83. The van der Waals surface area contributed by atoms with Gasteiger partial charge in [-0.1, -0.05) is 13.3 Å². The van der Waals surface area contributed by atoms with Gasteiger partial charge in [-0.05, 0) is 37.0 Å². The first kappa shape index (κ1) is 15.7. The number of nitrogens with zero attached hydrogens (tertiary/aromatic N) is 1. The summed E-state index contributed by atoms with van der Waals surface area (Å²) in [7, 11) is -3.54. The molecular formula is C14H19ClFNO2S. The molecule has 0 N–H and O–H groups in total. The molecule has 1 heterocycles. The van der Waals surface area contributed by atoms with Crippen molar-refractivity contribution in [3.8, 4) is 0 Å². The molecule has 20 heavy (non-hydrogen) atoms. The molecule has 0 radical (unpaired) electrons. The summed E-state index contributed by atoms with van der Waals surface area (Å²) >= 11 is 5.63. The maximum absolute atomic E-state index is 13.4. The highest BCUT2D eigenvalue weighted by Crippen LogP contribution is 2.26. The lowest BCUT2D eigenvalue weighted by atomic mass is 9.96. The van der Waals surface area contributed by atoms with E-state index in [9.17, 15) is 12.8 Å². The van der Waals surface area contributed by atoms with Crippen LogP contribution >= 0.6 is 11.6 Å². The van der Waals surface area contributed by atoms with Gasteiger partial charge in [0.2, 0.25) is 10.0 Å². The van der Waals surface area contributed by atoms with Crippen molar-refractivity contribution < 1.29 is 12.8 Å². The van der Waals surface area contributed by atoms with Gasteiger partial charge in [-0.3, -0.25) is 0 Å². The Morgan fingerprint density at radius 1 is 1.35 bits per heavy atom. The Hall–Kier alpha value is -0.650. The van der Waals surface area contributed by atoms with Crippen LogP contribution in [0.4, 0.5) is 4.39 Å². The molecule has 0 spiro atoms. The van der Waals surface area contributed by atoms with Gasteiger partial charge in [0, 0.05) is 18.7 Å². The average Bonchev–Trinajstić information content (AvgIpc) is 2.47. The van der Waals surface area contributed by atoms with E-state index in [1.54, 1.807) is 0 Å². The second-order valence-corrected chi connectivity index (χ2v) is 7.35. The van der Waals surface area contributed by atoms with Gasteiger partial charge < -0.3 is 0 Å². The molecule has 1 aromatic rings. The lowest BCUT2D eigenvalue weighted by Crippen LogP contribution is -2.38. The van der Waals surface area contributed by atoms with E-state index in [2.05, 4.69) is 6.92 Å². The van der Waals surface area contributed by atoms with Crippen molar-refractivity contribution in [3.05, 3.63) is 29.6 Å². The summed E-state index contributed by atoms with van der Waals surface area (Å²) in [6, 6.07) is 3.82. The van der Waals surface area contributed by atoms with Crippen LogP contribution < -0.4 is 0 Å². The van der Waals surface area contributed by atoms with Crippen molar-refractivity contribution in [1.82, 2.24) is 4.31 Å². The molecule has 0 aromatic heterocycles. The molecule has 0 aliphatic carbocycles. The Morgan fingerprint density at radius 2 is 2.00 bits per heavy atom. The Bertz CT molecular complexity index is 569. The number of sulfonamides is 1. The highest BCUT2D eigenvalue weighted by molar-refractivity contribution is 7.89. The molecule has 0 bridgehead atoms. The fraction of sp³-hybridized carbons (Fsp3) is 0.571. The molecule has 1 aromatic carbocycles. The fourth-order valence-electron chi connectivity index (χ4n) is 2.52. The van der Waals surface area contributed by atoms with Gasteiger partial charge in [-0.25, -0.2) is 12.8 Å². The van der Waals surface area contributed by atoms with Crippen LogP contribution in [0.2, 0.25) is 0 Å². The monoisotopic (exact) mass is 319 g/mol. The standard InChI is InChI=1S/C14H19ClFNO2S/c1-2-11-5-7-17(8-6-11)20(18,19)13-3-4-14(16)12(9-13)10-15/h3-4,9,11H,2,5-8,10H2,1H3. The average molecular weight is 320 g/mol. The van der Waals surface area contributed by atoms with Crippen LogP contribution in [0.5, 0.6) is 0 Å². The Labute approximate surface area is 124 Å². The molecule has 112 valence electrons. The van der Waals surface area contributed by atoms with Crippen molar-refractivity contribution >= 4 is 21.6 Å². The number of rotatable bonds is 4. The number of hydrogen-bond donors (Lipinski definition) is 0.